The lowest BCUT2D eigenvalue weighted by Crippen LogP contribution is -2.28. The molecule has 1 saturated heterocycles. The van der Waals surface area contributed by atoms with Crippen LogP contribution in [0.3, 0.4) is 0 Å². The molecule has 2 N–H and O–H groups in total. The number of carbonyl (C=O) groups is 1. The van der Waals surface area contributed by atoms with Crippen molar-refractivity contribution in [2.45, 2.75) is 19.0 Å². The fourth-order valence-corrected chi connectivity index (χ4v) is 1.53. The lowest BCUT2D eigenvalue weighted by Gasteiger charge is -2.07. The van der Waals surface area contributed by atoms with Crippen LogP contribution in [0, 0.1) is 0 Å². The van der Waals surface area contributed by atoms with Crippen molar-refractivity contribution < 1.29 is 19.1 Å². The van der Waals surface area contributed by atoms with Crippen LogP contribution in [0.1, 0.15) is 22.5 Å². The summed E-state index contributed by atoms with van der Waals surface area (Å²) in [6, 6.07) is 1.88. The van der Waals surface area contributed by atoms with Crippen LogP contribution in [0.4, 0.5) is 0 Å². The van der Waals surface area contributed by atoms with E-state index in [1.165, 1.54) is 12.3 Å². The highest BCUT2D eigenvalue weighted by Gasteiger charge is 2.15. The van der Waals surface area contributed by atoms with Gasteiger partial charge >= 0.3 is 5.97 Å². The second-order valence-electron chi connectivity index (χ2n) is 3.55. The van der Waals surface area contributed by atoms with E-state index >= 15 is 0 Å². The number of hydrogen-bond acceptors (Lipinski definition) is 4. The van der Waals surface area contributed by atoms with Crippen LogP contribution in [0.2, 0.25) is 0 Å². The van der Waals surface area contributed by atoms with Crippen LogP contribution in [0.15, 0.2) is 16.7 Å². The molecule has 0 aliphatic carbocycles. The maximum atomic E-state index is 10.6. The summed E-state index contributed by atoms with van der Waals surface area (Å²) in [7, 11) is 0. The standard InChI is InChI=1S/C10H13NO4/c12-10(13)7-3-9(15-5-7)4-11-8-1-2-14-6-8/h3,5,8,11H,1-2,4,6H2,(H,12,13). The lowest BCUT2D eigenvalue weighted by atomic mass is 10.2. The van der Waals surface area contributed by atoms with Gasteiger partial charge in [0.05, 0.1) is 18.7 Å². The zero-order chi connectivity index (χ0) is 10.7. The van der Waals surface area contributed by atoms with Gasteiger partial charge in [-0.2, -0.15) is 0 Å². The summed E-state index contributed by atoms with van der Waals surface area (Å²) in [5.41, 5.74) is 0.189. The molecule has 0 amide bonds. The van der Waals surface area contributed by atoms with Gasteiger partial charge < -0.3 is 19.6 Å². The number of carboxylic acids is 1. The number of ether oxygens (including phenoxy) is 1. The van der Waals surface area contributed by atoms with Crippen molar-refractivity contribution in [3.63, 3.8) is 0 Å². The smallest absolute Gasteiger partial charge is 0.338 e. The van der Waals surface area contributed by atoms with E-state index in [0.29, 0.717) is 25.0 Å². The summed E-state index contributed by atoms with van der Waals surface area (Å²) in [6.45, 7) is 2.05. The van der Waals surface area contributed by atoms with E-state index in [2.05, 4.69) is 5.32 Å². The van der Waals surface area contributed by atoms with Crippen molar-refractivity contribution in [3.8, 4) is 0 Å². The Labute approximate surface area is 87.0 Å². The highest BCUT2D eigenvalue weighted by Crippen LogP contribution is 2.09. The Hall–Kier alpha value is -1.33. The minimum atomic E-state index is -0.964. The van der Waals surface area contributed by atoms with E-state index in [9.17, 15) is 4.79 Å². The first-order chi connectivity index (χ1) is 7.25. The van der Waals surface area contributed by atoms with Crippen LogP contribution in [-0.4, -0.2) is 30.3 Å². The fourth-order valence-electron chi connectivity index (χ4n) is 1.53. The second-order valence-corrected chi connectivity index (χ2v) is 3.55. The molecule has 1 unspecified atom stereocenters. The van der Waals surface area contributed by atoms with E-state index in [1.807, 2.05) is 0 Å². The van der Waals surface area contributed by atoms with Gasteiger partial charge in [0.2, 0.25) is 0 Å². The van der Waals surface area contributed by atoms with Crippen molar-refractivity contribution >= 4 is 5.97 Å². The molecule has 0 aromatic carbocycles. The largest absolute Gasteiger partial charge is 0.478 e. The molecule has 1 fully saturated rings. The second kappa shape index (κ2) is 4.46. The van der Waals surface area contributed by atoms with Gasteiger partial charge in [-0.25, -0.2) is 4.79 Å². The molecule has 1 aromatic rings. The highest BCUT2D eigenvalue weighted by atomic mass is 16.5. The topological polar surface area (TPSA) is 71.7 Å². The van der Waals surface area contributed by atoms with E-state index in [0.717, 1.165) is 13.0 Å². The normalized spacial score (nSPS) is 20.7. The minimum Gasteiger partial charge on any atom is -0.478 e. The molecule has 0 spiro atoms. The summed E-state index contributed by atoms with van der Waals surface area (Å²) < 4.78 is 10.3. The Balaban J connectivity index is 1.84. The molecule has 2 rings (SSSR count). The Morgan fingerprint density at radius 1 is 1.67 bits per heavy atom. The van der Waals surface area contributed by atoms with Crippen molar-refractivity contribution in [1.82, 2.24) is 5.32 Å². The number of furan rings is 1. The molecular weight excluding hydrogens is 198 g/mol. The van der Waals surface area contributed by atoms with Gasteiger partial charge in [0.25, 0.3) is 0 Å². The van der Waals surface area contributed by atoms with Crippen molar-refractivity contribution in [2.75, 3.05) is 13.2 Å². The maximum absolute atomic E-state index is 10.6. The molecule has 5 nitrogen and oxygen atoms in total. The molecule has 2 heterocycles. The average molecular weight is 211 g/mol. The van der Waals surface area contributed by atoms with Crippen LogP contribution in [-0.2, 0) is 11.3 Å². The van der Waals surface area contributed by atoms with Gasteiger partial charge in [-0.05, 0) is 12.5 Å². The molecule has 1 atom stereocenters. The van der Waals surface area contributed by atoms with E-state index < -0.39 is 5.97 Å². The Kier molecular flexibility index (Phi) is 3.03. The SMILES string of the molecule is O=C(O)c1coc(CNC2CCOC2)c1. The summed E-state index contributed by atoms with van der Waals surface area (Å²) in [4.78, 5) is 10.6. The molecule has 0 radical (unpaired) electrons. The first-order valence-electron chi connectivity index (χ1n) is 4.87. The van der Waals surface area contributed by atoms with Gasteiger partial charge in [0, 0.05) is 12.6 Å². The number of nitrogens with one attached hydrogen (secondary N) is 1. The third-order valence-corrected chi connectivity index (χ3v) is 2.40. The molecule has 0 bridgehead atoms. The zero-order valence-corrected chi connectivity index (χ0v) is 8.23. The van der Waals surface area contributed by atoms with E-state index in [4.69, 9.17) is 14.3 Å². The molecular formula is C10H13NO4. The monoisotopic (exact) mass is 211 g/mol. The van der Waals surface area contributed by atoms with Crippen LogP contribution in [0.25, 0.3) is 0 Å². The molecule has 1 aliphatic heterocycles. The summed E-state index contributed by atoms with van der Waals surface area (Å²) in [6.07, 6.45) is 2.25. The van der Waals surface area contributed by atoms with E-state index in [-0.39, 0.29) is 5.56 Å². The predicted molar refractivity (Wildman–Crippen MR) is 51.7 cm³/mol. The van der Waals surface area contributed by atoms with Gasteiger partial charge in [-0.15, -0.1) is 0 Å². The van der Waals surface area contributed by atoms with Crippen LogP contribution >= 0.6 is 0 Å². The van der Waals surface area contributed by atoms with Crippen LogP contribution in [0.5, 0.6) is 0 Å². The first kappa shape index (κ1) is 10.2. The van der Waals surface area contributed by atoms with Gasteiger partial charge in [-0.1, -0.05) is 0 Å². The van der Waals surface area contributed by atoms with Gasteiger partial charge in [0.15, 0.2) is 0 Å². The number of hydrogen-bond donors (Lipinski definition) is 2. The molecule has 1 aromatic heterocycles. The molecule has 1 aliphatic rings. The van der Waals surface area contributed by atoms with Crippen LogP contribution < -0.4 is 5.32 Å². The predicted octanol–water partition coefficient (Wildman–Crippen LogP) is 0.856. The number of aromatic carboxylic acids is 1. The Morgan fingerprint density at radius 2 is 2.53 bits per heavy atom. The van der Waals surface area contributed by atoms with Crippen molar-refractivity contribution in [3.05, 3.63) is 23.7 Å². The summed E-state index contributed by atoms with van der Waals surface area (Å²) in [5, 5.41) is 11.9. The average Bonchev–Trinajstić information content (AvgIpc) is 2.86. The first-order valence-corrected chi connectivity index (χ1v) is 4.87. The Morgan fingerprint density at radius 3 is 3.13 bits per heavy atom. The molecule has 5 heteroatoms. The third-order valence-electron chi connectivity index (χ3n) is 2.40. The zero-order valence-electron chi connectivity index (χ0n) is 8.23. The summed E-state index contributed by atoms with van der Waals surface area (Å²) in [5.74, 6) is -0.325. The molecule has 15 heavy (non-hydrogen) atoms. The third kappa shape index (κ3) is 2.57. The van der Waals surface area contributed by atoms with Crippen molar-refractivity contribution in [1.29, 1.82) is 0 Å². The molecule has 82 valence electrons. The van der Waals surface area contributed by atoms with E-state index in [1.54, 1.807) is 0 Å². The Bertz CT molecular complexity index is 341. The highest BCUT2D eigenvalue weighted by molar-refractivity contribution is 5.87. The maximum Gasteiger partial charge on any atom is 0.338 e. The van der Waals surface area contributed by atoms with Crippen molar-refractivity contribution in [2.24, 2.45) is 0 Å². The lowest BCUT2D eigenvalue weighted by molar-refractivity contribution is 0.0696. The van der Waals surface area contributed by atoms with Gasteiger partial charge in [-0.3, -0.25) is 0 Å². The fraction of sp³-hybridized carbons (Fsp3) is 0.500. The minimum absolute atomic E-state index is 0.189. The molecule has 0 saturated carbocycles. The summed E-state index contributed by atoms with van der Waals surface area (Å²) >= 11 is 0. The number of carboxylic acid groups (broad SMARTS) is 1. The number of rotatable bonds is 4. The quantitative estimate of drug-likeness (QED) is 0.772. The van der Waals surface area contributed by atoms with Gasteiger partial charge in [0.1, 0.15) is 12.0 Å².